The van der Waals surface area contributed by atoms with E-state index in [0.717, 1.165) is 10.5 Å². The first-order valence-electron chi connectivity index (χ1n) is 6.99. The van der Waals surface area contributed by atoms with E-state index < -0.39 is 23.7 Å². The standard InChI is InChI=1S/C15H21NO4/c1-15(2,3)20-14(19)16(4)12(13(17)18)10-11-8-6-5-7-9-11/h5-9,12H,10H2,1-4H3,(H,17,18)/t12-/m0/s1/i1D. The van der Waals surface area contributed by atoms with Gasteiger partial charge in [-0.25, -0.2) is 9.59 Å². The highest BCUT2D eigenvalue weighted by Gasteiger charge is 2.30. The van der Waals surface area contributed by atoms with Crippen LogP contribution in [0.25, 0.3) is 0 Å². The summed E-state index contributed by atoms with van der Waals surface area (Å²) in [6.45, 7) is 3.13. The summed E-state index contributed by atoms with van der Waals surface area (Å²) in [5.74, 6) is -1.10. The molecule has 0 aliphatic carbocycles. The minimum absolute atomic E-state index is 0.0942. The highest BCUT2D eigenvalue weighted by Crippen LogP contribution is 2.13. The zero-order chi connectivity index (χ0) is 16.0. The van der Waals surface area contributed by atoms with Crippen LogP contribution in [0.4, 0.5) is 4.79 Å². The van der Waals surface area contributed by atoms with Crippen molar-refractivity contribution in [1.29, 1.82) is 0 Å². The van der Waals surface area contributed by atoms with Gasteiger partial charge in [-0.05, 0) is 26.3 Å². The van der Waals surface area contributed by atoms with E-state index in [0.29, 0.717) is 0 Å². The number of carbonyl (C=O) groups excluding carboxylic acids is 1. The van der Waals surface area contributed by atoms with Gasteiger partial charge in [-0.15, -0.1) is 0 Å². The van der Waals surface area contributed by atoms with Crippen molar-refractivity contribution >= 4 is 12.1 Å². The Bertz CT molecular complexity index is 490. The van der Waals surface area contributed by atoms with Crippen molar-refractivity contribution < 1.29 is 20.8 Å². The summed E-state index contributed by atoms with van der Waals surface area (Å²) < 4.78 is 12.5. The topological polar surface area (TPSA) is 66.8 Å². The van der Waals surface area contributed by atoms with Gasteiger partial charge in [-0.1, -0.05) is 30.3 Å². The third-order valence-corrected chi connectivity index (χ3v) is 2.68. The van der Waals surface area contributed by atoms with Crippen LogP contribution in [0.1, 0.15) is 27.7 Å². The summed E-state index contributed by atoms with van der Waals surface area (Å²) in [6.07, 6.45) is -0.543. The van der Waals surface area contributed by atoms with Gasteiger partial charge in [-0.3, -0.25) is 4.90 Å². The Hall–Kier alpha value is -2.04. The molecule has 0 saturated carbocycles. The van der Waals surface area contributed by atoms with Gasteiger partial charge >= 0.3 is 12.1 Å². The lowest BCUT2D eigenvalue weighted by atomic mass is 10.1. The van der Waals surface area contributed by atoms with Crippen LogP contribution in [0.3, 0.4) is 0 Å². The highest BCUT2D eigenvalue weighted by molar-refractivity contribution is 5.80. The maximum Gasteiger partial charge on any atom is 0.410 e. The average molecular weight is 280 g/mol. The van der Waals surface area contributed by atoms with Crippen LogP contribution < -0.4 is 0 Å². The van der Waals surface area contributed by atoms with Gasteiger partial charge < -0.3 is 9.84 Å². The third kappa shape index (κ3) is 4.91. The second-order valence-electron chi connectivity index (χ2n) is 5.28. The number of rotatable bonds is 4. The minimum atomic E-state index is -1.10. The molecule has 1 rings (SSSR count). The van der Waals surface area contributed by atoms with Crippen LogP contribution >= 0.6 is 0 Å². The third-order valence-electron chi connectivity index (χ3n) is 2.68. The predicted octanol–water partition coefficient (Wildman–Crippen LogP) is 2.55. The van der Waals surface area contributed by atoms with E-state index in [-0.39, 0.29) is 13.3 Å². The Balaban J connectivity index is 2.81. The molecule has 1 aromatic carbocycles. The second-order valence-corrected chi connectivity index (χ2v) is 5.28. The Morgan fingerprint density at radius 3 is 2.50 bits per heavy atom. The molecule has 0 aliphatic heterocycles. The fourth-order valence-electron chi connectivity index (χ4n) is 1.66. The normalized spacial score (nSPS) is 13.2. The number of benzene rings is 1. The van der Waals surface area contributed by atoms with E-state index in [1.165, 1.54) is 7.05 Å². The van der Waals surface area contributed by atoms with Crippen LogP contribution in [0.15, 0.2) is 30.3 Å². The second kappa shape index (κ2) is 6.41. The molecule has 0 aliphatic rings. The van der Waals surface area contributed by atoms with E-state index in [9.17, 15) is 14.7 Å². The molecule has 0 saturated heterocycles. The molecule has 1 aromatic rings. The zero-order valence-corrected chi connectivity index (χ0v) is 12.0. The summed E-state index contributed by atoms with van der Waals surface area (Å²) in [7, 11) is 1.39. The van der Waals surface area contributed by atoms with Crippen LogP contribution in [0.5, 0.6) is 0 Å². The monoisotopic (exact) mass is 280 g/mol. The highest BCUT2D eigenvalue weighted by atomic mass is 16.6. The Morgan fingerprint density at radius 1 is 1.40 bits per heavy atom. The number of carbonyl (C=O) groups is 2. The fraction of sp³-hybridized carbons (Fsp3) is 0.467. The molecule has 0 fully saturated rings. The molecular formula is C15H21NO4. The molecule has 0 heterocycles. The van der Waals surface area contributed by atoms with E-state index >= 15 is 0 Å². The molecule has 0 unspecified atom stereocenters. The van der Waals surface area contributed by atoms with Crippen molar-refractivity contribution in [3.05, 3.63) is 35.9 Å². The lowest BCUT2D eigenvalue weighted by Crippen LogP contribution is -2.46. The van der Waals surface area contributed by atoms with E-state index in [4.69, 9.17) is 6.11 Å². The van der Waals surface area contributed by atoms with E-state index in [1.807, 2.05) is 30.3 Å². The molecule has 20 heavy (non-hydrogen) atoms. The smallest absolute Gasteiger partial charge is 0.410 e. The van der Waals surface area contributed by atoms with Gasteiger partial charge in [0.15, 0.2) is 0 Å². The number of likely N-dealkylation sites (N-methyl/N-ethyl adjacent to an activating group) is 1. The Kier molecular flexibility index (Phi) is 4.61. The molecule has 1 amide bonds. The van der Waals surface area contributed by atoms with Crippen LogP contribution in [-0.2, 0) is 16.0 Å². The summed E-state index contributed by atoms with van der Waals surface area (Å²) in [5, 5.41) is 9.32. The lowest BCUT2D eigenvalue weighted by molar-refractivity contribution is -0.142. The number of carboxylic acids is 1. The van der Waals surface area contributed by atoms with Crippen LogP contribution in [0, 0.1) is 0 Å². The number of nitrogens with zero attached hydrogens (tertiary/aromatic N) is 1. The number of carboxylic acid groups (broad SMARTS) is 1. The molecular weight excluding hydrogens is 258 g/mol. The molecule has 5 nitrogen and oxygen atoms in total. The number of aliphatic carboxylic acids is 1. The maximum absolute atomic E-state index is 12.0. The van der Waals surface area contributed by atoms with Crippen molar-refractivity contribution in [2.24, 2.45) is 0 Å². The molecule has 1 atom stereocenters. The molecule has 0 aromatic heterocycles. The SMILES string of the molecule is [2H]CC(C)(C)OC(=O)N(C)[C@@H](Cc1ccccc1)C(=O)O. The quantitative estimate of drug-likeness (QED) is 0.920. The van der Waals surface area contributed by atoms with E-state index in [1.54, 1.807) is 13.8 Å². The van der Waals surface area contributed by atoms with Gasteiger partial charge in [0.2, 0.25) is 0 Å². The van der Waals surface area contributed by atoms with Gasteiger partial charge in [0, 0.05) is 14.8 Å². The van der Waals surface area contributed by atoms with Gasteiger partial charge in [0.05, 0.1) is 0 Å². The predicted molar refractivity (Wildman–Crippen MR) is 75.6 cm³/mol. The molecule has 0 spiro atoms. The molecule has 5 heteroatoms. The summed E-state index contributed by atoms with van der Waals surface area (Å²) in [4.78, 5) is 24.5. The van der Waals surface area contributed by atoms with Gasteiger partial charge in [0.25, 0.3) is 0 Å². The Morgan fingerprint density at radius 2 is 2.00 bits per heavy atom. The van der Waals surface area contributed by atoms with Crippen molar-refractivity contribution in [1.82, 2.24) is 4.90 Å². The average Bonchev–Trinajstić information content (AvgIpc) is 2.44. The van der Waals surface area contributed by atoms with E-state index in [2.05, 4.69) is 0 Å². The van der Waals surface area contributed by atoms with Crippen LogP contribution in [-0.4, -0.2) is 40.8 Å². The van der Waals surface area contributed by atoms with Crippen molar-refractivity contribution in [3.8, 4) is 0 Å². The maximum atomic E-state index is 12.0. The largest absolute Gasteiger partial charge is 0.480 e. The molecule has 110 valence electrons. The van der Waals surface area contributed by atoms with Gasteiger partial charge in [0.1, 0.15) is 11.6 Å². The zero-order valence-electron chi connectivity index (χ0n) is 13.0. The number of hydrogen-bond acceptors (Lipinski definition) is 3. The lowest BCUT2D eigenvalue weighted by Gasteiger charge is -2.28. The first kappa shape index (κ1) is 14.4. The Labute approximate surface area is 120 Å². The fourth-order valence-corrected chi connectivity index (χ4v) is 1.66. The first-order chi connectivity index (χ1) is 9.76. The van der Waals surface area contributed by atoms with Crippen molar-refractivity contribution in [2.75, 3.05) is 7.05 Å². The van der Waals surface area contributed by atoms with Crippen molar-refractivity contribution in [2.45, 2.75) is 38.8 Å². The molecule has 0 radical (unpaired) electrons. The number of ether oxygens (including phenoxy) is 1. The summed E-state index contributed by atoms with van der Waals surface area (Å²) in [5.41, 5.74) is -0.120. The number of amides is 1. The van der Waals surface area contributed by atoms with Crippen molar-refractivity contribution in [3.63, 3.8) is 0 Å². The van der Waals surface area contributed by atoms with Gasteiger partial charge in [-0.2, -0.15) is 0 Å². The minimum Gasteiger partial charge on any atom is -0.480 e. The summed E-state index contributed by atoms with van der Waals surface area (Å²) >= 11 is 0. The first-order valence-corrected chi connectivity index (χ1v) is 6.28. The molecule has 1 N–H and O–H groups in total. The molecule has 0 bridgehead atoms. The van der Waals surface area contributed by atoms with Crippen LogP contribution in [0.2, 0.25) is 0 Å². The summed E-state index contributed by atoms with van der Waals surface area (Å²) in [6, 6.07) is 8.08. The number of hydrogen-bond donors (Lipinski definition) is 1.